The van der Waals surface area contributed by atoms with E-state index in [2.05, 4.69) is 4.74 Å². The van der Waals surface area contributed by atoms with Crippen molar-refractivity contribution in [3.8, 4) is 0 Å². The van der Waals surface area contributed by atoms with E-state index in [1.54, 1.807) is 13.0 Å². The van der Waals surface area contributed by atoms with Gasteiger partial charge < -0.3 is 4.74 Å². The number of carbonyl (C=O) groups excluding carboxylic acids is 3. The van der Waals surface area contributed by atoms with Crippen LogP contribution < -0.4 is 0 Å². The van der Waals surface area contributed by atoms with E-state index >= 15 is 0 Å². The number of hydrogen-bond donors (Lipinski definition) is 0. The third-order valence-corrected chi connectivity index (χ3v) is 2.15. The van der Waals surface area contributed by atoms with Crippen molar-refractivity contribution in [2.75, 3.05) is 6.61 Å². The summed E-state index contributed by atoms with van der Waals surface area (Å²) in [4.78, 5) is 33.7. The zero-order valence-electron chi connectivity index (χ0n) is 9.94. The molecule has 1 aromatic rings. The van der Waals surface area contributed by atoms with Crippen LogP contribution in [0.15, 0.2) is 24.3 Å². The molecule has 0 aliphatic rings. The Morgan fingerprint density at radius 2 is 2.00 bits per heavy atom. The van der Waals surface area contributed by atoms with Crippen molar-refractivity contribution in [1.29, 1.82) is 0 Å². The zero-order chi connectivity index (χ0) is 13.5. The third kappa shape index (κ3) is 4.45. The number of Topliss-reactive ketones (excluding diaryl/α,β-unsaturated/α-hetero) is 2. The largest absolute Gasteiger partial charge is 0.460 e. The summed E-state index contributed by atoms with van der Waals surface area (Å²) < 4.78 is 17.3. The second-order valence-corrected chi connectivity index (χ2v) is 3.67. The molecule has 0 atom stereocenters. The lowest BCUT2D eigenvalue weighted by atomic mass is 10.1. The van der Waals surface area contributed by atoms with Crippen molar-refractivity contribution in [3.63, 3.8) is 0 Å². The standard InChI is InChI=1S/C13H13FO4/c1-2-18-13(17)12(16)8-11(15)7-9-4-3-5-10(14)6-9/h3-6H,2,7-8H2,1H3. The van der Waals surface area contributed by atoms with E-state index in [9.17, 15) is 18.8 Å². The minimum atomic E-state index is -1.01. The monoisotopic (exact) mass is 252 g/mol. The van der Waals surface area contributed by atoms with Gasteiger partial charge in [-0.2, -0.15) is 0 Å². The molecular weight excluding hydrogens is 239 g/mol. The molecule has 1 aromatic carbocycles. The van der Waals surface area contributed by atoms with E-state index in [0.29, 0.717) is 5.56 Å². The second kappa shape index (κ2) is 6.64. The topological polar surface area (TPSA) is 60.4 Å². The molecule has 96 valence electrons. The molecule has 1 rings (SSSR count). The number of ether oxygens (including phenoxy) is 1. The van der Waals surface area contributed by atoms with Crippen LogP contribution in [0.4, 0.5) is 4.39 Å². The van der Waals surface area contributed by atoms with Crippen molar-refractivity contribution in [2.45, 2.75) is 19.8 Å². The maximum absolute atomic E-state index is 12.9. The summed E-state index contributed by atoms with van der Waals surface area (Å²) >= 11 is 0. The van der Waals surface area contributed by atoms with Crippen LogP contribution in [0.5, 0.6) is 0 Å². The van der Waals surface area contributed by atoms with E-state index in [-0.39, 0.29) is 13.0 Å². The highest BCUT2D eigenvalue weighted by atomic mass is 19.1. The summed E-state index contributed by atoms with van der Waals surface area (Å²) in [6.45, 7) is 1.66. The van der Waals surface area contributed by atoms with Gasteiger partial charge in [0.2, 0.25) is 5.78 Å². The van der Waals surface area contributed by atoms with Crippen molar-refractivity contribution >= 4 is 17.5 Å². The average Bonchev–Trinajstić information content (AvgIpc) is 2.28. The molecule has 0 heterocycles. The molecule has 0 N–H and O–H groups in total. The number of ketones is 2. The quantitative estimate of drug-likeness (QED) is 0.437. The molecule has 0 spiro atoms. The highest BCUT2D eigenvalue weighted by Crippen LogP contribution is 2.06. The summed E-state index contributed by atoms with van der Waals surface area (Å²) in [6, 6.07) is 5.53. The summed E-state index contributed by atoms with van der Waals surface area (Å²) in [7, 11) is 0. The summed E-state index contributed by atoms with van der Waals surface area (Å²) in [5, 5.41) is 0. The van der Waals surface area contributed by atoms with E-state index in [4.69, 9.17) is 0 Å². The molecule has 0 amide bonds. The predicted molar refractivity (Wildman–Crippen MR) is 61.4 cm³/mol. The minimum absolute atomic E-state index is 0.0805. The Kier molecular flexibility index (Phi) is 5.17. The zero-order valence-corrected chi connectivity index (χ0v) is 9.94. The first-order valence-electron chi connectivity index (χ1n) is 5.49. The highest BCUT2D eigenvalue weighted by molar-refractivity contribution is 6.37. The molecule has 0 bridgehead atoms. The van der Waals surface area contributed by atoms with Crippen LogP contribution in [0, 0.1) is 5.82 Å². The Bertz CT molecular complexity index is 468. The first-order valence-corrected chi connectivity index (χ1v) is 5.49. The number of esters is 1. The van der Waals surface area contributed by atoms with Gasteiger partial charge in [0.1, 0.15) is 11.6 Å². The minimum Gasteiger partial charge on any atom is -0.460 e. The SMILES string of the molecule is CCOC(=O)C(=O)CC(=O)Cc1cccc(F)c1. The molecule has 0 aliphatic heterocycles. The van der Waals surface area contributed by atoms with Crippen LogP contribution in [0.2, 0.25) is 0 Å². The number of benzene rings is 1. The van der Waals surface area contributed by atoms with E-state index in [1.165, 1.54) is 18.2 Å². The van der Waals surface area contributed by atoms with Crippen LogP contribution in [0.1, 0.15) is 18.9 Å². The molecule has 0 unspecified atom stereocenters. The van der Waals surface area contributed by atoms with Crippen LogP contribution in [0.25, 0.3) is 0 Å². The van der Waals surface area contributed by atoms with Gasteiger partial charge >= 0.3 is 5.97 Å². The summed E-state index contributed by atoms with van der Waals surface area (Å²) in [6.07, 6.45) is -0.599. The lowest BCUT2D eigenvalue weighted by molar-refractivity contribution is -0.154. The first kappa shape index (κ1) is 14.0. The van der Waals surface area contributed by atoms with Crippen molar-refractivity contribution in [2.24, 2.45) is 0 Å². The van der Waals surface area contributed by atoms with Gasteiger partial charge in [-0.3, -0.25) is 9.59 Å². The summed E-state index contributed by atoms with van der Waals surface area (Å²) in [5.41, 5.74) is 0.469. The molecular formula is C13H13FO4. The summed E-state index contributed by atoms with van der Waals surface area (Å²) in [5.74, 6) is -2.78. The van der Waals surface area contributed by atoms with Crippen LogP contribution >= 0.6 is 0 Å². The Hall–Kier alpha value is -2.04. The lowest BCUT2D eigenvalue weighted by Gasteiger charge is -2.01. The van der Waals surface area contributed by atoms with Gasteiger partial charge in [-0.15, -0.1) is 0 Å². The lowest BCUT2D eigenvalue weighted by Crippen LogP contribution is -2.21. The molecule has 18 heavy (non-hydrogen) atoms. The number of hydrogen-bond acceptors (Lipinski definition) is 4. The Balaban J connectivity index is 2.52. The predicted octanol–water partition coefficient (Wildman–Crippen LogP) is 1.46. The van der Waals surface area contributed by atoms with Gasteiger partial charge in [0.15, 0.2) is 0 Å². The Morgan fingerprint density at radius 1 is 1.28 bits per heavy atom. The highest BCUT2D eigenvalue weighted by Gasteiger charge is 2.18. The van der Waals surface area contributed by atoms with Crippen LogP contribution in [0.3, 0.4) is 0 Å². The molecule has 4 nitrogen and oxygen atoms in total. The molecule has 5 heteroatoms. The third-order valence-electron chi connectivity index (χ3n) is 2.15. The van der Waals surface area contributed by atoms with Crippen molar-refractivity contribution in [1.82, 2.24) is 0 Å². The number of rotatable bonds is 6. The smallest absolute Gasteiger partial charge is 0.375 e. The molecule has 0 aliphatic carbocycles. The van der Waals surface area contributed by atoms with E-state index < -0.39 is 29.8 Å². The van der Waals surface area contributed by atoms with Crippen LogP contribution in [-0.2, 0) is 25.5 Å². The van der Waals surface area contributed by atoms with Crippen molar-refractivity contribution < 1.29 is 23.5 Å². The molecule has 0 fully saturated rings. The fourth-order valence-corrected chi connectivity index (χ4v) is 1.40. The number of halogens is 1. The fourth-order valence-electron chi connectivity index (χ4n) is 1.40. The first-order chi connectivity index (χ1) is 8.52. The van der Waals surface area contributed by atoms with Crippen LogP contribution in [-0.4, -0.2) is 24.1 Å². The molecule has 0 saturated heterocycles. The normalized spacial score (nSPS) is 9.89. The number of carbonyl (C=O) groups is 3. The van der Waals surface area contributed by atoms with Crippen molar-refractivity contribution in [3.05, 3.63) is 35.6 Å². The van der Waals surface area contributed by atoms with Gasteiger partial charge in [-0.05, 0) is 24.6 Å². The average molecular weight is 252 g/mol. The maximum atomic E-state index is 12.9. The molecule has 0 aromatic heterocycles. The second-order valence-electron chi connectivity index (χ2n) is 3.67. The van der Waals surface area contributed by atoms with Gasteiger partial charge in [-0.1, -0.05) is 12.1 Å². The van der Waals surface area contributed by atoms with Gasteiger partial charge in [0.25, 0.3) is 0 Å². The van der Waals surface area contributed by atoms with Gasteiger partial charge in [-0.25, -0.2) is 9.18 Å². The fraction of sp³-hybridized carbons (Fsp3) is 0.308. The Labute approximate surface area is 104 Å². The van der Waals surface area contributed by atoms with E-state index in [0.717, 1.165) is 0 Å². The van der Waals surface area contributed by atoms with Gasteiger partial charge in [0, 0.05) is 6.42 Å². The Morgan fingerprint density at radius 3 is 2.61 bits per heavy atom. The maximum Gasteiger partial charge on any atom is 0.375 e. The van der Waals surface area contributed by atoms with E-state index in [1.807, 2.05) is 0 Å². The molecule has 0 radical (unpaired) electrons. The van der Waals surface area contributed by atoms with Gasteiger partial charge in [0.05, 0.1) is 13.0 Å². The molecule has 0 saturated carbocycles.